The van der Waals surface area contributed by atoms with Gasteiger partial charge < -0.3 is 9.80 Å². The van der Waals surface area contributed by atoms with E-state index >= 15 is 0 Å². The predicted molar refractivity (Wildman–Crippen MR) is 95.2 cm³/mol. The van der Waals surface area contributed by atoms with Crippen LogP contribution < -0.4 is 4.90 Å². The Balaban J connectivity index is 1.58. The number of hydrogen-bond acceptors (Lipinski definition) is 3. The molecule has 4 rings (SSSR count). The summed E-state index contributed by atoms with van der Waals surface area (Å²) < 4.78 is 0. The van der Waals surface area contributed by atoms with Gasteiger partial charge in [0.1, 0.15) is 0 Å². The third kappa shape index (κ3) is 2.63. The second kappa shape index (κ2) is 5.64. The van der Waals surface area contributed by atoms with Crippen LogP contribution in [-0.4, -0.2) is 42.6 Å². The Morgan fingerprint density at radius 3 is 2.78 bits per heavy atom. The summed E-state index contributed by atoms with van der Waals surface area (Å²) >= 11 is 0. The average Bonchev–Trinajstić information content (AvgIpc) is 3.03. The molecule has 3 heteroatoms. The highest BCUT2D eigenvalue weighted by Gasteiger charge is 2.43. The summed E-state index contributed by atoms with van der Waals surface area (Å²) in [6.45, 7) is 7.68. The molecule has 3 heterocycles. The second-order valence-electron chi connectivity index (χ2n) is 7.21. The van der Waals surface area contributed by atoms with E-state index in [2.05, 4.69) is 59.1 Å². The summed E-state index contributed by atoms with van der Waals surface area (Å²) in [5.74, 6) is 0.672. The fourth-order valence-corrected chi connectivity index (χ4v) is 4.19. The Labute approximate surface area is 139 Å². The summed E-state index contributed by atoms with van der Waals surface area (Å²) in [7, 11) is 2.25. The second-order valence-corrected chi connectivity index (χ2v) is 7.21. The number of pyridine rings is 1. The maximum atomic E-state index is 4.43. The Morgan fingerprint density at radius 2 is 2.00 bits per heavy atom. The van der Waals surface area contributed by atoms with Crippen LogP contribution in [0.1, 0.15) is 28.3 Å². The van der Waals surface area contributed by atoms with Gasteiger partial charge in [-0.05, 0) is 50.6 Å². The third-order valence-electron chi connectivity index (χ3n) is 5.38. The van der Waals surface area contributed by atoms with Gasteiger partial charge >= 0.3 is 0 Å². The van der Waals surface area contributed by atoms with Gasteiger partial charge in [-0.2, -0.15) is 0 Å². The van der Waals surface area contributed by atoms with Crippen molar-refractivity contribution in [2.45, 2.75) is 32.2 Å². The maximum Gasteiger partial charge on any atom is 0.0498 e. The van der Waals surface area contributed by atoms with Crippen LogP contribution in [0, 0.1) is 13.8 Å². The van der Waals surface area contributed by atoms with Gasteiger partial charge in [-0.3, -0.25) is 4.98 Å². The summed E-state index contributed by atoms with van der Waals surface area (Å²) in [5.41, 5.74) is 6.81. The molecule has 23 heavy (non-hydrogen) atoms. The zero-order chi connectivity index (χ0) is 16.0. The molecule has 0 amide bonds. The van der Waals surface area contributed by atoms with Crippen molar-refractivity contribution < 1.29 is 0 Å². The first-order valence-electron chi connectivity index (χ1n) is 8.59. The van der Waals surface area contributed by atoms with Gasteiger partial charge in [0.05, 0.1) is 0 Å². The van der Waals surface area contributed by atoms with E-state index in [9.17, 15) is 0 Å². The van der Waals surface area contributed by atoms with E-state index in [0.29, 0.717) is 12.0 Å². The number of aryl methyl sites for hydroxylation is 2. The van der Waals surface area contributed by atoms with Crippen molar-refractivity contribution in [3.63, 3.8) is 0 Å². The molecule has 120 valence electrons. The molecule has 0 spiro atoms. The standard InChI is InChI=1S/C20H25N3/c1-14-4-7-19-17(10-14)18-12-22(3)13-20(18)23(19)9-8-16-6-5-15(2)21-11-16/h4-7,10-11,18,20H,8-9,12-13H2,1-3H3/t18-,20-/m1/s1. The SMILES string of the molecule is Cc1ccc2c(c1)[C@H]1CN(C)C[C@H]1N2CCc1ccc(C)nc1. The molecule has 0 bridgehead atoms. The van der Waals surface area contributed by atoms with Gasteiger partial charge in [0.2, 0.25) is 0 Å². The first kappa shape index (κ1) is 14.7. The van der Waals surface area contributed by atoms with Crippen LogP contribution in [0.5, 0.6) is 0 Å². The van der Waals surface area contributed by atoms with E-state index in [1.807, 2.05) is 13.1 Å². The molecule has 0 N–H and O–H groups in total. The average molecular weight is 307 g/mol. The van der Waals surface area contributed by atoms with Gasteiger partial charge in [-0.1, -0.05) is 23.8 Å². The molecule has 0 saturated carbocycles. The monoisotopic (exact) mass is 307 g/mol. The Morgan fingerprint density at radius 1 is 1.13 bits per heavy atom. The normalized spacial score (nSPS) is 23.2. The zero-order valence-electron chi connectivity index (χ0n) is 14.3. The molecule has 1 aromatic heterocycles. The molecule has 2 aromatic rings. The van der Waals surface area contributed by atoms with Crippen molar-refractivity contribution in [2.24, 2.45) is 0 Å². The molecular formula is C20H25N3. The topological polar surface area (TPSA) is 19.4 Å². The van der Waals surface area contributed by atoms with Crippen LogP contribution in [-0.2, 0) is 6.42 Å². The summed E-state index contributed by atoms with van der Waals surface area (Å²) in [6, 6.07) is 11.9. The quantitative estimate of drug-likeness (QED) is 0.868. The van der Waals surface area contributed by atoms with E-state index in [1.54, 1.807) is 5.56 Å². The number of likely N-dealkylation sites (tertiary alicyclic amines) is 1. The summed E-state index contributed by atoms with van der Waals surface area (Å²) in [6.07, 6.45) is 3.09. The lowest BCUT2D eigenvalue weighted by molar-refractivity contribution is 0.403. The lowest BCUT2D eigenvalue weighted by Crippen LogP contribution is -2.37. The lowest BCUT2D eigenvalue weighted by atomic mass is 9.97. The molecule has 2 aliphatic rings. The Bertz CT molecular complexity index is 707. The number of likely N-dealkylation sites (N-methyl/N-ethyl adjacent to an activating group) is 1. The number of hydrogen-bond donors (Lipinski definition) is 0. The molecule has 1 saturated heterocycles. The summed E-state index contributed by atoms with van der Waals surface area (Å²) in [5, 5.41) is 0. The Hall–Kier alpha value is -1.87. The maximum absolute atomic E-state index is 4.43. The molecule has 2 atom stereocenters. The Kier molecular flexibility index (Phi) is 3.61. The van der Waals surface area contributed by atoms with E-state index in [0.717, 1.165) is 18.7 Å². The number of anilines is 1. The highest BCUT2D eigenvalue weighted by Crippen LogP contribution is 2.44. The number of benzene rings is 1. The fraction of sp³-hybridized carbons (Fsp3) is 0.450. The van der Waals surface area contributed by atoms with Gasteiger partial charge in [0, 0.05) is 49.2 Å². The zero-order valence-corrected chi connectivity index (χ0v) is 14.3. The molecular weight excluding hydrogens is 282 g/mol. The summed E-state index contributed by atoms with van der Waals surface area (Å²) in [4.78, 5) is 9.55. The van der Waals surface area contributed by atoms with Crippen LogP contribution >= 0.6 is 0 Å². The number of fused-ring (bicyclic) bond motifs is 3. The first-order chi connectivity index (χ1) is 11.1. The number of nitrogens with zero attached hydrogens (tertiary/aromatic N) is 3. The number of aromatic nitrogens is 1. The first-order valence-corrected chi connectivity index (χ1v) is 8.59. The fourth-order valence-electron chi connectivity index (χ4n) is 4.19. The van der Waals surface area contributed by atoms with Crippen molar-refractivity contribution in [1.82, 2.24) is 9.88 Å². The smallest absolute Gasteiger partial charge is 0.0498 e. The van der Waals surface area contributed by atoms with Crippen LogP contribution in [0.3, 0.4) is 0 Å². The minimum Gasteiger partial charge on any atom is -0.366 e. The minimum absolute atomic E-state index is 0.634. The van der Waals surface area contributed by atoms with E-state index < -0.39 is 0 Å². The number of rotatable bonds is 3. The van der Waals surface area contributed by atoms with E-state index in [4.69, 9.17) is 0 Å². The molecule has 2 aliphatic heterocycles. The van der Waals surface area contributed by atoms with Gasteiger partial charge in [0.25, 0.3) is 0 Å². The van der Waals surface area contributed by atoms with Crippen LogP contribution in [0.2, 0.25) is 0 Å². The third-order valence-corrected chi connectivity index (χ3v) is 5.38. The lowest BCUT2D eigenvalue weighted by Gasteiger charge is -2.27. The van der Waals surface area contributed by atoms with Crippen molar-refractivity contribution in [3.05, 3.63) is 58.9 Å². The van der Waals surface area contributed by atoms with Crippen LogP contribution in [0.4, 0.5) is 5.69 Å². The molecule has 0 aliphatic carbocycles. The van der Waals surface area contributed by atoms with Crippen LogP contribution in [0.15, 0.2) is 36.5 Å². The van der Waals surface area contributed by atoms with Crippen LogP contribution in [0.25, 0.3) is 0 Å². The predicted octanol–water partition coefficient (Wildman–Crippen LogP) is 3.16. The van der Waals surface area contributed by atoms with E-state index in [1.165, 1.54) is 29.9 Å². The van der Waals surface area contributed by atoms with Gasteiger partial charge in [-0.15, -0.1) is 0 Å². The molecule has 1 aromatic carbocycles. The molecule has 0 radical (unpaired) electrons. The molecule has 1 fully saturated rings. The highest BCUT2D eigenvalue weighted by atomic mass is 15.3. The largest absolute Gasteiger partial charge is 0.366 e. The van der Waals surface area contributed by atoms with Gasteiger partial charge in [-0.25, -0.2) is 0 Å². The van der Waals surface area contributed by atoms with Crippen molar-refractivity contribution in [2.75, 3.05) is 31.6 Å². The van der Waals surface area contributed by atoms with Gasteiger partial charge in [0.15, 0.2) is 0 Å². The highest BCUT2D eigenvalue weighted by molar-refractivity contribution is 5.64. The minimum atomic E-state index is 0.634. The molecule has 3 nitrogen and oxygen atoms in total. The van der Waals surface area contributed by atoms with Crippen molar-refractivity contribution >= 4 is 5.69 Å². The van der Waals surface area contributed by atoms with Crippen molar-refractivity contribution in [3.8, 4) is 0 Å². The van der Waals surface area contributed by atoms with E-state index in [-0.39, 0.29) is 0 Å². The van der Waals surface area contributed by atoms with Crippen molar-refractivity contribution in [1.29, 1.82) is 0 Å². The molecule has 0 unspecified atom stereocenters.